The average Bonchev–Trinajstić information content (AvgIpc) is 2.86. The summed E-state index contributed by atoms with van der Waals surface area (Å²) in [6, 6.07) is 13.6. The fourth-order valence-electron chi connectivity index (χ4n) is 4.61. The van der Waals surface area contributed by atoms with Crippen LogP contribution in [-0.4, -0.2) is 44.0 Å². The summed E-state index contributed by atoms with van der Waals surface area (Å²) in [5.41, 5.74) is 6.78. The lowest BCUT2D eigenvalue weighted by molar-refractivity contribution is 0.0625. The first kappa shape index (κ1) is 24.8. The summed E-state index contributed by atoms with van der Waals surface area (Å²) in [6.45, 7) is 3.29. The van der Waals surface area contributed by atoms with E-state index >= 15 is 0 Å². The number of rotatable bonds is 9. The molecular formula is C27H35N2O4. The molecule has 6 heteroatoms. The normalized spacial score (nSPS) is 20.2. The molecule has 3 rings (SSSR count). The average molecular weight is 452 g/mol. The molecule has 2 aromatic rings. The number of imide groups is 1. The summed E-state index contributed by atoms with van der Waals surface area (Å²) in [6.07, 6.45) is 6.38. The largest absolute Gasteiger partial charge is 0.497 e. The Bertz CT molecular complexity index is 851. The molecule has 1 saturated carbocycles. The van der Waals surface area contributed by atoms with Crippen LogP contribution in [0.3, 0.4) is 0 Å². The van der Waals surface area contributed by atoms with E-state index < -0.39 is 0 Å². The first-order chi connectivity index (χ1) is 16.0. The minimum absolute atomic E-state index is 0.265. The van der Waals surface area contributed by atoms with Crippen molar-refractivity contribution in [1.29, 1.82) is 0 Å². The number of methoxy groups -OCH3 is 2. The van der Waals surface area contributed by atoms with Crippen LogP contribution < -0.4 is 15.2 Å². The van der Waals surface area contributed by atoms with Crippen LogP contribution in [0.5, 0.6) is 11.5 Å². The topological polar surface area (TPSA) is 81.9 Å². The standard InChI is InChI=1S/C27H35N2O4/c1-19-17-20(6-7-23(19)18-28)5-4-16-29(26(30)21-8-12-24(32-2)13-9-21)27(31)22-10-14-25(33-3)15-11-22/h4,8-15,19-20,23H,5-7,16-18,28H2,1-3H3. The Balaban J connectivity index is 1.71. The number of nitrogens with two attached hydrogens (primary N) is 1. The number of benzene rings is 2. The molecule has 1 aliphatic rings. The quantitative estimate of drug-likeness (QED) is 0.564. The summed E-state index contributed by atoms with van der Waals surface area (Å²) in [7, 11) is 3.15. The van der Waals surface area contributed by atoms with Crippen molar-refractivity contribution >= 4 is 11.8 Å². The van der Waals surface area contributed by atoms with Gasteiger partial charge in [0, 0.05) is 17.7 Å². The molecule has 6 nitrogen and oxygen atoms in total. The molecular weight excluding hydrogens is 416 g/mol. The van der Waals surface area contributed by atoms with Crippen molar-refractivity contribution in [2.75, 3.05) is 27.3 Å². The van der Waals surface area contributed by atoms with Gasteiger partial charge in [0.2, 0.25) is 0 Å². The van der Waals surface area contributed by atoms with Crippen molar-refractivity contribution in [3.05, 3.63) is 66.1 Å². The molecule has 3 atom stereocenters. The van der Waals surface area contributed by atoms with Gasteiger partial charge in [-0.25, -0.2) is 0 Å². The van der Waals surface area contributed by atoms with Crippen molar-refractivity contribution in [3.8, 4) is 11.5 Å². The minimum Gasteiger partial charge on any atom is -0.497 e. The van der Waals surface area contributed by atoms with E-state index in [1.54, 1.807) is 62.8 Å². The highest BCUT2D eigenvalue weighted by atomic mass is 16.5. The maximum atomic E-state index is 13.3. The molecule has 2 N–H and O–H groups in total. The second-order valence-corrected chi connectivity index (χ2v) is 8.85. The summed E-state index contributed by atoms with van der Waals surface area (Å²) >= 11 is 0. The van der Waals surface area contributed by atoms with E-state index in [0.29, 0.717) is 40.4 Å². The van der Waals surface area contributed by atoms with Crippen LogP contribution >= 0.6 is 0 Å². The second kappa shape index (κ2) is 11.8. The second-order valence-electron chi connectivity index (χ2n) is 8.85. The Morgan fingerprint density at radius 2 is 1.45 bits per heavy atom. The zero-order chi connectivity index (χ0) is 23.8. The number of hydrogen-bond donors (Lipinski definition) is 1. The Labute approximate surface area is 197 Å². The van der Waals surface area contributed by atoms with Gasteiger partial charge in [-0.15, -0.1) is 0 Å². The molecule has 1 radical (unpaired) electrons. The highest BCUT2D eigenvalue weighted by Gasteiger charge is 2.28. The Morgan fingerprint density at radius 1 is 0.939 bits per heavy atom. The molecule has 2 aromatic carbocycles. The van der Waals surface area contributed by atoms with E-state index in [2.05, 4.69) is 13.3 Å². The number of hydrogen-bond acceptors (Lipinski definition) is 5. The molecule has 0 aliphatic heterocycles. The van der Waals surface area contributed by atoms with Crippen molar-refractivity contribution in [3.63, 3.8) is 0 Å². The molecule has 2 amide bonds. The van der Waals surface area contributed by atoms with Crippen LogP contribution in [0.1, 0.15) is 53.3 Å². The molecule has 3 unspecified atom stereocenters. The van der Waals surface area contributed by atoms with Gasteiger partial charge in [-0.1, -0.05) is 13.3 Å². The van der Waals surface area contributed by atoms with Gasteiger partial charge in [0.15, 0.2) is 0 Å². The van der Waals surface area contributed by atoms with Crippen molar-refractivity contribution in [2.45, 2.75) is 32.6 Å². The molecule has 0 saturated heterocycles. The third-order valence-electron chi connectivity index (χ3n) is 6.73. The fraction of sp³-hybridized carbons (Fsp3) is 0.444. The van der Waals surface area contributed by atoms with Gasteiger partial charge in [0.05, 0.1) is 14.2 Å². The summed E-state index contributed by atoms with van der Waals surface area (Å²) in [4.78, 5) is 27.9. The van der Waals surface area contributed by atoms with Gasteiger partial charge in [0.25, 0.3) is 11.8 Å². The van der Waals surface area contributed by atoms with E-state index in [1.807, 2.05) is 0 Å². The Kier molecular flexibility index (Phi) is 8.89. The van der Waals surface area contributed by atoms with E-state index in [-0.39, 0.29) is 18.4 Å². The van der Waals surface area contributed by atoms with Crippen LogP contribution in [0.2, 0.25) is 0 Å². The van der Waals surface area contributed by atoms with Gasteiger partial charge in [-0.05, 0) is 98.5 Å². The number of ether oxygens (including phenoxy) is 2. The first-order valence-electron chi connectivity index (χ1n) is 11.6. The third kappa shape index (κ3) is 6.35. The van der Waals surface area contributed by atoms with Crippen LogP contribution in [0.25, 0.3) is 0 Å². The predicted molar refractivity (Wildman–Crippen MR) is 129 cm³/mol. The lowest BCUT2D eigenvalue weighted by Gasteiger charge is -2.33. The number of amides is 2. The maximum absolute atomic E-state index is 13.3. The smallest absolute Gasteiger partial charge is 0.260 e. The van der Waals surface area contributed by atoms with Crippen molar-refractivity contribution < 1.29 is 19.1 Å². The van der Waals surface area contributed by atoms with Crippen LogP contribution in [0.4, 0.5) is 0 Å². The minimum atomic E-state index is -0.324. The molecule has 1 fully saturated rings. The number of nitrogens with zero attached hydrogens (tertiary/aromatic N) is 1. The van der Waals surface area contributed by atoms with E-state index in [0.717, 1.165) is 32.2 Å². The molecule has 0 bridgehead atoms. The predicted octanol–water partition coefficient (Wildman–Crippen LogP) is 4.59. The van der Waals surface area contributed by atoms with Gasteiger partial charge in [0.1, 0.15) is 11.5 Å². The summed E-state index contributed by atoms with van der Waals surface area (Å²) in [5.74, 6) is 2.45. The van der Waals surface area contributed by atoms with Gasteiger partial charge < -0.3 is 15.2 Å². The SMILES string of the molecule is COc1ccc(C(=O)N(C[CH]CC2CCC(CN)C(C)C2)C(=O)c2ccc(OC)cc2)cc1. The van der Waals surface area contributed by atoms with Crippen LogP contribution in [0, 0.1) is 24.2 Å². The lowest BCUT2D eigenvalue weighted by Crippen LogP contribution is -2.38. The van der Waals surface area contributed by atoms with Crippen LogP contribution in [-0.2, 0) is 0 Å². The van der Waals surface area contributed by atoms with E-state index in [9.17, 15) is 9.59 Å². The number of carbonyl (C=O) groups is 2. The fourth-order valence-corrected chi connectivity index (χ4v) is 4.61. The monoisotopic (exact) mass is 451 g/mol. The highest BCUT2D eigenvalue weighted by molar-refractivity contribution is 6.10. The zero-order valence-corrected chi connectivity index (χ0v) is 19.8. The molecule has 1 aliphatic carbocycles. The Hall–Kier alpha value is -2.86. The van der Waals surface area contributed by atoms with E-state index in [1.165, 1.54) is 4.90 Å². The molecule has 0 heterocycles. The summed E-state index contributed by atoms with van der Waals surface area (Å²) < 4.78 is 10.4. The van der Waals surface area contributed by atoms with E-state index in [4.69, 9.17) is 15.2 Å². The lowest BCUT2D eigenvalue weighted by atomic mass is 9.73. The Morgan fingerprint density at radius 3 is 1.88 bits per heavy atom. The van der Waals surface area contributed by atoms with Gasteiger partial charge >= 0.3 is 0 Å². The molecule has 0 spiro atoms. The molecule has 0 aromatic heterocycles. The van der Waals surface area contributed by atoms with Gasteiger partial charge in [-0.3, -0.25) is 14.5 Å². The highest BCUT2D eigenvalue weighted by Crippen LogP contribution is 2.35. The third-order valence-corrected chi connectivity index (χ3v) is 6.73. The molecule has 33 heavy (non-hydrogen) atoms. The zero-order valence-electron chi connectivity index (χ0n) is 19.8. The van der Waals surface area contributed by atoms with Crippen LogP contribution in [0.15, 0.2) is 48.5 Å². The summed E-state index contributed by atoms with van der Waals surface area (Å²) in [5, 5.41) is 0. The first-order valence-corrected chi connectivity index (χ1v) is 11.6. The van der Waals surface area contributed by atoms with Crippen molar-refractivity contribution in [1.82, 2.24) is 4.90 Å². The molecule has 177 valence electrons. The maximum Gasteiger partial charge on any atom is 0.260 e. The van der Waals surface area contributed by atoms with Gasteiger partial charge in [-0.2, -0.15) is 0 Å². The number of carbonyl (C=O) groups excluding carboxylic acids is 2. The van der Waals surface area contributed by atoms with Crippen molar-refractivity contribution in [2.24, 2.45) is 23.5 Å².